The summed E-state index contributed by atoms with van der Waals surface area (Å²) < 4.78 is 5.67. The summed E-state index contributed by atoms with van der Waals surface area (Å²) in [6.07, 6.45) is 11.3. The Morgan fingerprint density at radius 2 is 1.89 bits per heavy atom. The average molecular weight is 264 g/mol. The van der Waals surface area contributed by atoms with Gasteiger partial charge in [-0.05, 0) is 38.0 Å². The molecule has 4 aliphatic rings. The van der Waals surface area contributed by atoms with Gasteiger partial charge < -0.3 is 10.1 Å². The Bertz CT molecular complexity index is 317. The van der Waals surface area contributed by atoms with Gasteiger partial charge in [0.1, 0.15) is 0 Å². The lowest BCUT2D eigenvalue weighted by atomic mass is 9.78. The highest BCUT2D eigenvalue weighted by Gasteiger charge is 2.47. The standard InChI is InChI=1S/C16H28N2O/c1-2-7-16(8-3-1)12-18(14-6-9-19-11-14)15(10-17-16)13-4-5-13/h13-15,17H,1-12H2. The van der Waals surface area contributed by atoms with E-state index in [1.807, 2.05) is 0 Å². The van der Waals surface area contributed by atoms with Crippen LogP contribution in [0.5, 0.6) is 0 Å². The average Bonchev–Trinajstić information content (AvgIpc) is 3.14. The van der Waals surface area contributed by atoms with Gasteiger partial charge in [0.2, 0.25) is 0 Å². The fourth-order valence-electron chi connectivity index (χ4n) is 4.63. The van der Waals surface area contributed by atoms with Crippen molar-refractivity contribution in [3.05, 3.63) is 0 Å². The van der Waals surface area contributed by atoms with Gasteiger partial charge >= 0.3 is 0 Å². The predicted molar refractivity (Wildman–Crippen MR) is 76.3 cm³/mol. The van der Waals surface area contributed by atoms with Crippen molar-refractivity contribution in [2.75, 3.05) is 26.3 Å². The monoisotopic (exact) mass is 264 g/mol. The van der Waals surface area contributed by atoms with Gasteiger partial charge in [0.05, 0.1) is 6.61 Å². The topological polar surface area (TPSA) is 24.5 Å². The molecule has 0 aromatic heterocycles. The van der Waals surface area contributed by atoms with E-state index in [2.05, 4.69) is 10.2 Å². The van der Waals surface area contributed by atoms with Crippen LogP contribution in [0.25, 0.3) is 0 Å². The Labute approximate surface area is 117 Å². The summed E-state index contributed by atoms with van der Waals surface area (Å²) in [6.45, 7) is 4.50. The largest absolute Gasteiger partial charge is 0.380 e. The van der Waals surface area contributed by atoms with E-state index in [4.69, 9.17) is 4.74 Å². The van der Waals surface area contributed by atoms with Crippen LogP contribution in [-0.4, -0.2) is 48.8 Å². The fraction of sp³-hybridized carbons (Fsp3) is 1.00. The van der Waals surface area contributed by atoms with E-state index < -0.39 is 0 Å². The lowest BCUT2D eigenvalue weighted by Gasteiger charge is -2.51. The molecule has 2 saturated carbocycles. The zero-order chi connectivity index (χ0) is 12.7. The fourth-order valence-corrected chi connectivity index (χ4v) is 4.63. The first-order valence-corrected chi connectivity index (χ1v) is 8.45. The zero-order valence-electron chi connectivity index (χ0n) is 12.1. The summed E-state index contributed by atoms with van der Waals surface area (Å²) in [7, 11) is 0. The minimum atomic E-state index is 0.451. The van der Waals surface area contributed by atoms with Crippen molar-refractivity contribution in [3.8, 4) is 0 Å². The quantitative estimate of drug-likeness (QED) is 0.827. The van der Waals surface area contributed by atoms with Crippen molar-refractivity contribution in [1.29, 1.82) is 0 Å². The Morgan fingerprint density at radius 1 is 1.05 bits per heavy atom. The number of nitrogens with one attached hydrogen (secondary N) is 1. The van der Waals surface area contributed by atoms with Gasteiger partial charge in [-0.25, -0.2) is 0 Å². The van der Waals surface area contributed by atoms with Crippen molar-refractivity contribution < 1.29 is 4.74 Å². The Hall–Kier alpha value is -0.120. The summed E-state index contributed by atoms with van der Waals surface area (Å²) in [5.74, 6) is 0.981. The molecule has 0 aromatic carbocycles. The molecule has 1 spiro atoms. The third-order valence-corrected chi connectivity index (χ3v) is 5.95. The molecule has 19 heavy (non-hydrogen) atoms. The van der Waals surface area contributed by atoms with E-state index in [0.29, 0.717) is 11.6 Å². The van der Waals surface area contributed by atoms with E-state index in [0.717, 1.165) is 25.2 Å². The number of hydrogen-bond donors (Lipinski definition) is 1. The van der Waals surface area contributed by atoms with Crippen LogP contribution in [0.4, 0.5) is 0 Å². The molecular weight excluding hydrogens is 236 g/mol. The van der Waals surface area contributed by atoms with Crippen LogP contribution < -0.4 is 5.32 Å². The van der Waals surface area contributed by atoms with Crippen LogP contribution in [0.3, 0.4) is 0 Å². The smallest absolute Gasteiger partial charge is 0.0622 e. The maximum atomic E-state index is 5.67. The first-order chi connectivity index (χ1) is 9.36. The van der Waals surface area contributed by atoms with Crippen LogP contribution in [0.1, 0.15) is 51.4 Å². The van der Waals surface area contributed by atoms with E-state index in [1.165, 1.54) is 64.5 Å². The second kappa shape index (κ2) is 5.01. The Kier molecular flexibility index (Phi) is 3.33. The molecule has 2 unspecified atom stereocenters. The van der Waals surface area contributed by atoms with Crippen LogP contribution in [0.2, 0.25) is 0 Å². The number of piperazine rings is 1. The Balaban J connectivity index is 1.51. The predicted octanol–water partition coefficient (Wildman–Crippen LogP) is 2.16. The zero-order valence-corrected chi connectivity index (χ0v) is 12.1. The third-order valence-electron chi connectivity index (χ3n) is 5.95. The first-order valence-electron chi connectivity index (χ1n) is 8.45. The molecule has 0 bridgehead atoms. The van der Waals surface area contributed by atoms with Crippen LogP contribution >= 0.6 is 0 Å². The molecule has 3 nitrogen and oxygen atoms in total. The van der Waals surface area contributed by atoms with Gasteiger partial charge in [-0.2, -0.15) is 0 Å². The minimum Gasteiger partial charge on any atom is -0.380 e. The third kappa shape index (κ3) is 2.45. The lowest BCUT2D eigenvalue weighted by Crippen LogP contribution is -2.67. The molecule has 2 aliphatic carbocycles. The van der Waals surface area contributed by atoms with Crippen LogP contribution in [-0.2, 0) is 4.74 Å². The number of nitrogens with zero attached hydrogens (tertiary/aromatic N) is 1. The van der Waals surface area contributed by atoms with Crippen molar-refractivity contribution in [1.82, 2.24) is 10.2 Å². The van der Waals surface area contributed by atoms with E-state index >= 15 is 0 Å². The Morgan fingerprint density at radius 3 is 2.58 bits per heavy atom. The van der Waals surface area contributed by atoms with Gasteiger partial charge in [-0.15, -0.1) is 0 Å². The molecule has 3 heteroatoms. The maximum absolute atomic E-state index is 5.67. The van der Waals surface area contributed by atoms with Crippen molar-refractivity contribution >= 4 is 0 Å². The second-order valence-electron chi connectivity index (χ2n) is 7.32. The number of ether oxygens (including phenoxy) is 1. The van der Waals surface area contributed by atoms with Crippen LogP contribution in [0, 0.1) is 5.92 Å². The van der Waals surface area contributed by atoms with Crippen molar-refractivity contribution in [2.24, 2.45) is 5.92 Å². The second-order valence-corrected chi connectivity index (χ2v) is 7.32. The number of rotatable bonds is 2. The van der Waals surface area contributed by atoms with E-state index in [9.17, 15) is 0 Å². The molecule has 108 valence electrons. The van der Waals surface area contributed by atoms with Gasteiger partial charge in [0, 0.05) is 37.3 Å². The molecule has 2 heterocycles. The van der Waals surface area contributed by atoms with E-state index in [-0.39, 0.29) is 0 Å². The summed E-state index contributed by atoms with van der Waals surface area (Å²) in [5, 5.41) is 3.98. The minimum absolute atomic E-state index is 0.451. The van der Waals surface area contributed by atoms with Gasteiger partial charge in [0.15, 0.2) is 0 Å². The molecule has 0 radical (unpaired) electrons. The van der Waals surface area contributed by atoms with Gasteiger partial charge in [0.25, 0.3) is 0 Å². The summed E-state index contributed by atoms with van der Waals surface area (Å²) >= 11 is 0. The normalized spacial score (nSPS) is 39.8. The number of hydrogen-bond acceptors (Lipinski definition) is 3. The molecule has 1 N–H and O–H groups in total. The van der Waals surface area contributed by atoms with Gasteiger partial charge in [-0.1, -0.05) is 19.3 Å². The summed E-state index contributed by atoms with van der Waals surface area (Å²) in [4.78, 5) is 2.87. The first kappa shape index (κ1) is 12.6. The highest BCUT2D eigenvalue weighted by molar-refractivity contribution is 5.05. The van der Waals surface area contributed by atoms with Crippen molar-refractivity contribution in [3.63, 3.8) is 0 Å². The summed E-state index contributed by atoms with van der Waals surface area (Å²) in [5.41, 5.74) is 0.451. The van der Waals surface area contributed by atoms with E-state index in [1.54, 1.807) is 0 Å². The molecule has 2 atom stereocenters. The maximum Gasteiger partial charge on any atom is 0.0622 e. The molecule has 0 amide bonds. The lowest BCUT2D eigenvalue weighted by molar-refractivity contribution is 0.0118. The van der Waals surface area contributed by atoms with Crippen LogP contribution in [0.15, 0.2) is 0 Å². The molecule has 0 aromatic rings. The molecule has 4 fully saturated rings. The SMILES string of the molecule is C1CCC2(CC1)CN(C1CCOC1)C(C1CC1)CN2. The summed E-state index contributed by atoms with van der Waals surface area (Å²) in [6, 6.07) is 1.52. The molecular formula is C16H28N2O. The molecule has 4 rings (SSSR count). The highest BCUT2D eigenvalue weighted by Crippen LogP contribution is 2.41. The van der Waals surface area contributed by atoms with Crippen molar-refractivity contribution in [2.45, 2.75) is 69.0 Å². The molecule has 2 aliphatic heterocycles. The highest BCUT2D eigenvalue weighted by atomic mass is 16.5. The van der Waals surface area contributed by atoms with Gasteiger partial charge in [-0.3, -0.25) is 4.90 Å². The molecule has 2 saturated heterocycles.